The second-order valence-electron chi connectivity index (χ2n) is 5.09. The minimum Gasteiger partial charge on any atom is -0.274 e. The van der Waals surface area contributed by atoms with Gasteiger partial charge in [-0.2, -0.15) is 0 Å². The summed E-state index contributed by atoms with van der Waals surface area (Å²) in [6.45, 7) is 1.55. The monoisotopic (exact) mass is 421 g/mol. The number of amides is 2. The molecule has 0 unspecified atom stereocenters. The molecule has 0 aromatic heterocycles. The van der Waals surface area contributed by atoms with Crippen molar-refractivity contribution < 1.29 is 19.4 Å². The maximum absolute atomic E-state index is 12.8. The van der Waals surface area contributed by atoms with Gasteiger partial charge in [0.05, 0.1) is 15.5 Å². The molecule has 2 rings (SSSR count). The zero-order chi connectivity index (χ0) is 19.4. The fourth-order valence-electron chi connectivity index (χ4n) is 2.19. The Morgan fingerprint density at radius 1 is 1.04 bits per heavy atom. The van der Waals surface area contributed by atoms with Crippen LogP contribution in [0.5, 0.6) is 0 Å². The first kappa shape index (κ1) is 19.2. The van der Waals surface area contributed by atoms with Gasteiger partial charge in [-0.3, -0.25) is 29.8 Å². The summed E-state index contributed by atoms with van der Waals surface area (Å²) in [5, 5.41) is 21.8. The van der Waals surface area contributed by atoms with Gasteiger partial charge in [-0.05, 0) is 28.1 Å². The van der Waals surface area contributed by atoms with E-state index in [9.17, 15) is 29.8 Å². The van der Waals surface area contributed by atoms with Crippen LogP contribution in [0.2, 0.25) is 0 Å². The van der Waals surface area contributed by atoms with Crippen LogP contribution in [-0.4, -0.2) is 21.7 Å². The number of hydrogen-bond donors (Lipinski definition) is 0. The minimum atomic E-state index is -0.768. The highest BCUT2D eigenvalue weighted by Crippen LogP contribution is 2.32. The molecule has 2 aromatic rings. The Balaban J connectivity index is 2.53. The Hall–Kier alpha value is -3.14. The average molecular weight is 422 g/mol. The van der Waals surface area contributed by atoms with Gasteiger partial charge in [0.15, 0.2) is 0 Å². The lowest BCUT2D eigenvalue weighted by atomic mass is 10.1. The molecule has 26 heavy (non-hydrogen) atoms. The van der Waals surface area contributed by atoms with Crippen molar-refractivity contribution >= 4 is 44.8 Å². The van der Waals surface area contributed by atoms with Crippen molar-refractivity contribution in [3.05, 3.63) is 72.7 Å². The third kappa shape index (κ3) is 3.91. The molecule has 0 saturated heterocycles. The highest BCUT2D eigenvalue weighted by atomic mass is 79.9. The van der Waals surface area contributed by atoms with E-state index in [1.165, 1.54) is 30.3 Å². The summed E-state index contributed by atoms with van der Waals surface area (Å²) in [6.07, 6.45) is -0.00983. The number of anilines is 1. The fraction of sp³-hybridized carbons (Fsp3) is 0.125. The number of benzene rings is 2. The smallest absolute Gasteiger partial charge is 0.270 e. The van der Waals surface area contributed by atoms with Crippen LogP contribution in [0, 0.1) is 20.2 Å². The SMILES string of the molecule is CCC(=O)N(C(=O)c1cccc([N+](=O)[O-])c1)c1ccc([N+](=O)[O-])cc1Br. The fourth-order valence-corrected chi connectivity index (χ4v) is 2.73. The molecule has 0 bridgehead atoms. The van der Waals surface area contributed by atoms with Gasteiger partial charge in [-0.1, -0.05) is 13.0 Å². The molecule has 0 N–H and O–H groups in total. The normalized spacial score (nSPS) is 10.2. The van der Waals surface area contributed by atoms with E-state index in [0.29, 0.717) is 0 Å². The first-order chi connectivity index (χ1) is 12.3. The summed E-state index contributed by atoms with van der Waals surface area (Å²) in [6, 6.07) is 8.59. The van der Waals surface area contributed by atoms with Crippen molar-refractivity contribution in [2.24, 2.45) is 0 Å². The summed E-state index contributed by atoms with van der Waals surface area (Å²) < 4.78 is 0.173. The van der Waals surface area contributed by atoms with Crippen molar-refractivity contribution in [3.63, 3.8) is 0 Å². The Labute approximate surface area is 155 Å². The summed E-state index contributed by atoms with van der Waals surface area (Å²) in [7, 11) is 0. The van der Waals surface area contributed by atoms with E-state index in [1.807, 2.05) is 0 Å². The molecule has 2 aromatic carbocycles. The number of carbonyl (C=O) groups excluding carboxylic acids is 2. The molecule has 0 radical (unpaired) electrons. The number of nitrogens with zero attached hydrogens (tertiary/aromatic N) is 3. The predicted molar refractivity (Wildman–Crippen MR) is 96.0 cm³/mol. The van der Waals surface area contributed by atoms with E-state index in [2.05, 4.69) is 15.9 Å². The van der Waals surface area contributed by atoms with E-state index in [0.717, 1.165) is 17.0 Å². The van der Waals surface area contributed by atoms with Gasteiger partial charge >= 0.3 is 0 Å². The predicted octanol–water partition coefficient (Wildman–Crippen LogP) is 3.85. The zero-order valence-electron chi connectivity index (χ0n) is 13.4. The molecule has 0 aliphatic heterocycles. The highest BCUT2D eigenvalue weighted by molar-refractivity contribution is 9.10. The van der Waals surface area contributed by atoms with Gasteiger partial charge in [0.1, 0.15) is 0 Å². The molecular weight excluding hydrogens is 410 g/mol. The van der Waals surface area contributed by atoms with Crippen molar-refractivity contribution in [1.29, 1.82) is 0 Å². The number of nitro benzene ring substituents is 2. The summed E-state index contributed by atoms with van der Waals surface area (Å²) >= 11 is 3.13. The standard InChI is InChI=1S/C16H12BrN3O6/c1-2-15(21)18(14-7-6-12(20(25)26)9-13(14)17)16(22)10-4-3-5-11(8-10)19(23)24/h3-9H,2H2,1H3. The highest BCUT2D eigenvalue weighted by Gasteiger charge is 2.27. The lowest BCUT2D eigenvalue weighted by molar-refractivity contribution is -0.385. The van der Waals surface area contributed by atoms with Crippen LogP contribution in [0.4, 0.5) is 17.1 Å². The third-order valence-corrected chi connectivity index (χ3v) is 4.08. The van der Waals surface area contributed by atoms with Gasteiger partial charge in [-0.25, -0.2) is 4.90 Å². The van der Waals surface area contributed by atoms with Crippen LogP contribution in [0.3, 0.4) is 0 Å². The number of imide groups is 1. The maximum Gasteiger partial charge on any atom is 0.270 e. The molecule has 0 fully saturated rings. The number of carbonyl (C=O) groups is 2. The van der Waals surface area contributed by atoms with Crippen LogP contribution in [0.1, 0.15) is 23.7 Å². The molecule has 0 aliphatic rings. The van der Waals surface area contributed by atoms with E-state index < -0.39 is 21.7 Å². The van der Waals surface area contributed by atoms with Gasteiger partial charge in [0.2, 0.25) is 5.91 Å². The van der Waals surface area contributed by atoms with E-state index >= 15 is 0 Å². The molecule has 0 aliphatic carbocycles. The summed E-state index contributed by atoms with van der Waals surface area (Å²) in [5.74, 6) is -1.33. The van der Waals surface area contributed by atoms with Crippen molar-refractivity contribution in [2.75, 3.05) is 4.90 Å². The maximum atomic E-state index is 12.8. The van der Waals surface area contributed by atoms with Gasteiger partial charge in [0, 0.05) is 40.7 Å². The molecule has 9 nitrogen and oxygen atoms in total. The third-order valence-electron chi connectivity index (χ3n) is 3.44. The van der Waals surface area contributed by atoms with Crippen molar-refractivity contribution in [3.8, 4) is 0 Å². The lowest BCUT2D eigenvalue weighted by Gasteiger charge is -2.21. The number of nitro groups is 2. The number of halogens is 1. The Bertz CT molecular complexity index is 915. The van der Waals surface area contributed by atoms with Gasteiger partial charge in [0.25, 0.3) is 17.3 Å². The minimum absolute atomic E-state index is 0.00983. The average Bonchev–Trinajstić information content (AvgIpc) is 2.62. The molecule has 0 spiro atoms. The Kier molecular flexibility index (Phi) is 5.78. The summed E-state index contributed by atoms with van der Waals surface area (Å²) in [4.78, 5) is 46.5. The molecule has 2 amide bonds. The topological polar surface area (TPSA) is 124 Å². The van der Waals surface area contributed by atoms with Crippen LogP contribution in [-0.2, 0) is 4.79 Å². The molecule has 0 atom stereocenters. The molecule has 134 valence electrons. The number of rotatable bonds is 5. The van der Waals surface area contributed by atoms with Crippen molar-refractivity contribution in [1.82, 2.24) is 0 Å². The number of hydrogen-bond acceptors (Lipinski definition) is 6. The van der Waals surface area contributed by atoms with Gasteiger partial charge < -0.3 is 0 Å². The van der Waals surface area contributed by atoms with E-state index in [-0.39, 0.29) is 33.5 Å². The Morgan fingerprint density at radius 2 is 1.65 bits per heavy atom. The quantitative estimate of drug-likeness (QED) is 0.533. The van der Waals surface area contributed by atoms with Gasteiger partial charge in [-0.15, -0.1) is 0 Å². The molecule has 10 heteroatoms. The van der Waals surface area contributed by atoms with Crippen LogP contribution in [0.25, 0.3) is 0 Å². The second-order valence-corrected chi connectivity index (χ2v) is 5.94. The largest absolute Gasteiger partial charge is 0.274 e. The lowest BCUT2D eigenvalue weighted by Crippen LogP contribution is -2.36. The number of non-ortho nitro benzene ring substituents is 2. The van der Waals surface area contributed by atoms with Crippen LogP contribution < -0.4 is 4.90 Å². The van der Waals surface area contributed by atoms with Crippen LogP contribution >= 0.6 is 15.9 Å². The summed E-state index contributed by atoms with van der Waals surface area (Å²) in [5.41, 5.74) is -0.444. The zero-order valence-corrected chi connectivity index (χ0v) is 15.0. The van der Waals surface area contributed by atoms with E-state index in [4.69, 9.17) is 0 Å². The van der Waals surface area contributed by atoms with Crippen LogP contribution in [0.15, 0.2) is 46.9 Å². The Morgan fingerprint density at radius 3 is 2.19 bits per heavy atom. The van der Waals surface area contributed by atoms with Crippen molar-refractivity contribution in [2.45, 2.75) is 13.3 Å². The molecule has 0 saturated carbocycles. The first-order valence-corrected chi connectivity index (χ1v) is 8.11. The first-order valence-electron chi connectivity index (χ1n) is 7.32. The molecular formula is C16H12BrN3O6. The molecule has 0 heterocycles. The second kappa shape index (κ2) is 7.83. The van der Waals surface area contributed by atoms with E-state index in [1.54, 1.807) is 6.92 Å².